The number of aryl methyl sites for hydroxylation is 1. The fraction of sp³-hybridized carbons (Fsp3) is 0.542. The largest absolute Gasteiger partial charge is 0.357 e. The van der Waals surface area contributed by atoms with Crippen LogP contribution in [0.5, 0.6) is 0 Å². The highest BCUT2D eigenvalue weighted by atomic mass is 32.2. The monoisotopic (exact) mass is 493 g/mol. The molecule has 3 aliphatic rings. The van der Waals surface area contributed by atoms with E-state index in [1.54, 1.807) is 17.5 Å². The molecule has 0 bridgehead atoms. The van der Waals surface area contributed by atoms with Crippen LogP contribution in [0.3, 0.4) is 0 Å². The Morgan fingerprint density at radius 3 is 2.55 bits per heavy atom. The summed E-state index contributed by atoms with van der Waals surface area (Å²) in [5, 5.41) is 10.3. The predicted octanol–water partition coefficient (Wildman–Crippen LogP) is 4.89. The minimum Gasteiger partial charge on any atom is -0.357 e. The molecular formula is C24H29F2N3O2S2. The Hall–Kier alpha value is -1.84. The molecule has 2 heterocycles. The van der Waals surface area contributed by atoms with Crippen molar-refractivity contribution in [3.63, 3.8) is 0 Å². The first kappa shape index (κ1) is 22.9. The zero-order chi connectivity index (χ0) is 23.2. The summed E-state index contributed by atoms with van der Waals surface area (Å²) >= 11 is 1.23. The number of likely N-dealkylation sites (tertiary alicyclic amines) is 1. The maximum absolute atomic E-state index is 13.9. The van der Waals surface area contributed by atoms with E-state index in [1.807, 2.05) is 0 Å². The number of nitrogens with one attached hydrogen (secondary N) is 2. The summed E-state index contributed by atoms with van der Waals surface area (Å²) < 4.78 is 55.4. The van der Waals surface area contributed by atoms with Gasteiger partial charge in [-0.1, -0.05) is 6.07 Å². The SMILES string of the molecule is N=C1C[C@H]2c3cc(F)c(F)cc3CC[C@H]2N1CC1CCC(CNS(=O)(=O)c2cccs2)CC1. The van der Waals surface area contributed by atoms with Crippen molar-refractivity contribution in [2.24, 2.45) is 11.8 Å². The number of fused-ring (bicyclic) bond motifs is 3. The Balaban J connectivity index is 1.16. The lowest BCUT2D eigenvalue weighted by Crippen LogP contribution is -2.41. The Morgan fingerprint density at radius 2 is 1.82 bits per heavy atom. The highest BCUT2D eigenvalue weighted by Crippen LogP contribution is 2.44. The van der Waals surface area contributed by atoms with E-state index >= 15 is 0 Å². The number of halogens is 2. The van der Waals surface area contributed by atoms with Crippen molar-refractivity contribution in [1.82, 2.24) is 9.62 Å². The van der Waals surface area contributed by atoms with Gasteiger partial charge in [0.05, 0.1) is 5.84 Å². The molecule has 2 aliphatic carbocycles. The summed E-state index contributed by atoms with van der Waals surface area (Å²) in [7, 11) is -3.42. The number of rotatable bonds is 6. The molecule has 5 rings (SSSR count). The number of thiophene rings is 1. The van der Waals surface area contributed by atoms with Crippen LogP contribution in [0.4, 0.5) is 8.78 Å². The van der Waals surface area contributed by atoms with E-state index in [0.29, 0.717) is 41.3 Å². The quantitative estimate of drug-likeness (QED) is 0.602. The molecule has 0 spiro atoms. The molecule has 0 radical (unpaired) electrons. The number of benzene rings is 1. The molecule has 1 saturated carbocycles. The van der Waals surface area contributed by atoms with Crippen LogP contribution in [0, 0.1) is 28.9 Å². The molecule has 5 nitrogen and oxygen atoms in total. The van der Waals surface area contributed by atoms with Crippen molar-refractivity contribution < 1.29 is 17.2 Å². The maximum Gasteiger partial charge on any atom is 0.250 e. The molecule has 0 amide bonds. The minimum atomic E-state index is -3.42. The average Bonchev–Trinajstić information content (AvgIpc) is 3.44. The molecule has 1 aromatic heterocycles. The van der Waals surface area contributed by atoms with Crippen LogP contribution in [0.25, 0.3) is 0 Å². The van der Waals surface area contributed by atoms with Gasteiger partial charge in [-0.2, -0.15) is 0 Å². The standard InChI is InChI=1S/C24H29F2N3O2S2/c25-20-10-17-7-8-22-19(18(17)11-21(20)26)12-23(27)29(22)14-16-5-3-15(4-6-16)13-28-33(30,31)24-2-1-9-32-24/h1-2,9-11,15-16,19,22,27-28H,3-8,12-14H2/t15?,16?,19-,22+/m0/s1. The Kier molecular flexibility index (Phi) is 6.30. The molecule has 1 saturated heterocycles. The summed E-state index contributed by atoms with van der Waals surface area (Å²) in [6, 6.07) is 6.23. The van der Waals surface area contributed by atoms with Crippen LogP contribution in [0.1, 0.15) is 55.6 Å². The van der Waals surface area contributed by atoms with Crippen LogP contribution < -0.4 is 4.72 Å². The number of hydrogen-bond acceptors (Lipinski definition) is 4. The summed E-state index contributed by atoms with van der Waals surface area (Å²) in [6.07, 6.45) is 6.15. The van der Waals surface area contributed by atoms with E-state index in [9.17, 15) is 17.2 Å². The topological polar surface area (TPSA) is 73.3 Å². The zero-order valence-electron chi connectivity index (χ0n) is 18.4. The Morgan fingerprint density at radius 1 is 1.09 bits per heavy atom. The first-order valence-electron chi connectivity index (χ1n) is 11.7. The van der Waals surface area contributed by atoms with Gasteiger partial charge >= 0.3 is 0 Å². The number of amidine groups is 1. The lowest BCUT2D eigenvalue weighted by atomic mass is 9.78. The lowest BCUT2D eigenvalue weighted by molar-refractivity contribution is 0.197. The molecule has 178 valence electrons. The molecule has 9 heteroatoms. The summed E-state index contributed by atoms with van der Waals surface area (Å²) in [6.45, 7) is 1.29. The van der Waals surface area contributed by atoms with Gasteiger partial charge in [0.25, 0.3) is 0 Å². The van der Waals surface area contributed by atoms with Gasteiger partial charge in [0.15, 0.2) is 11.6 Å². The normalized spacial score (nSPS) is 27.5. The van der Waals surface area contributed by atoms with Gasteiger partial charge in [-0.25, -0.2) is 21.9 Å². The molecule has 1 aliphatic heterocycles. The summed E-state index contributed by atoms with van der Waals surface area (Å²) in [5.74, 6) is -0.103. The zero-order valence-corrected chi connectivity index (χ0v) is 20.0. The summed E-state index contributed by atoms with van der Waals surface area (Å²) in [5.41, 5.74) is 1.76. The van der Waals surface area contributed by atoms with E-state index in [4.69, 9.17) is 5.41 Å². The van der Waals surface area contributed by atoms with Crippen LogP contribution in [0.2, 0.25) is 0 Å². The highest BCUT2D eigenvalue weighted by molar-refractivity contribution is 7.91. The van der Waals surface area contributed by atoms with Crippen molar-refractivity contribution in [3.8, 4) is 0 Å². The van der Waals surface area contributed by atoms with Crippen LogP contribution in [0.15, 0.2) is 33.9 Å². The van der Waals surface area contributed by atoms with Gasteiger partial charge in [0, 0.05) is 31.5 Å². The third-order valence-electron chi connectivity index (χ3n) is 7.66. The lowest BCUT2D eigenvalue weighted by Gasteiger charge is -2.37. The van der Waals surface area contributed by atoms with Gasteiger partial charge in [-0.05, 0) is 85.1 Å². The van der Waals surface area contributed by atoms with Crippen molar-refractivity contribution in [2.75, 3.05) is 13.1 Å². The molecule has 2 aromatic rings. The van der Waals surface area contributed by atoms with Crippen molar-refractivity contribution >= 4 is 27.2 Å². The summed E-state index contributed by atoms with van der Waals surface area (Å²) in [4.78, 5) is 2.21. The second-order valence-corrected chi connectivity index (χ2v) is 12.6. The molecule has 2 atom stereocenters. The Labute approximate surface area is 197 Å². The van der Waals surface area contributed by atoms with E-state index < -0.39 is 21.7 Å². The van der Waals surface area contributed by atoms with Gasteiger partial charge in [0.1, 0.15) is 4.21 Å². The molecule has 2 N–H and O–H groups in total. The predicted molar refractivity (Wildman–Crippen MR) is 125 cm³/mol. The Bertz CT molecular complexity index is 1130. The second-order valence-electron chi connectivity index (χ2n) is 9.65. The molecule has 0 unspecified atom stereocenters. The smallest absolute Gasteiger partial charge is 0.250 e. The van der Waals surface area contributed by atoms with E-state index in [0.717, 1.165) is 49.8 Å². The molecular weight excluding hydrogens is 464 g/mol. The fourth-order valence-electron chi connectivity index (χ4n) is 5.88. The first-order chi connectivity index (χ1) is 15.8. The number of nitrogens with zero attached hydrogens (tertiary/aromatic N) is 1. The van der Waals surface area contributed by atoms with Gasteiger partial charge < -0.3 is 4.90 Å². The van der Waals surface area contributed by atoms with Crippen molar-refractivity contribution in [2.45, 2.75) is 61.1 Å². The minimum absolute atomic E-state index is 0.0688. The molecule has 33 heavy (non-hydrogen) atoms. The fourth-order valence-corrected chi connectivity index (χ4v) is 8.03. The third kappa shape index (κ3) is 4.59. The number of sulfonamides is 1. The number of hydrogen-bond donors (Lipinski definition) is 2. The molecule has 1 aromatic carbocycles. The van der Waals surface area contributed by atoms with Crippen LogP contribution in [-0.2, 0) is 16.4 Å². The van der Waals surface area contributed by atoms with E-state index in [-0.39, 0.29) is 12.0 Å². The van der Waals surface area contributed by atoms with E-state index in [2.05, 4.69) is 9.62 Å². The maximum atomic E-state index is 13.9. The third-order valence-corrected chi connectivity index (χ3v) is 10.5. The van der Waals surface area contributed by atoms with Crippen LogP contribution in [-0.4, -0.2) is 38.3 Å². The van der Waals surface area contributed by atoms with Gasteiger partial charge in [-0.3, -0.25) is 5.41 Å². The van der Waals surface area contributed by atoms with E-state index in [1.165, 1.54) is 23.5 Å². The van der Waals surface area contributed by atoms with Crippen molar-refractivity contribution in [3.05, 3.63) is 52.4 Å². The second kappa shape index (κ2) is 9.07. The molecule has 2 fully saturated rings. The average molecular weight is 494 g/mol. The van der Waals surface area contributed by atoms with Crippen molar-refractivity contribution in [1.29, 1.82) is 5.41 Å². The van der Waals surface area contributed by atoms with Gasteiger partial charge in [-0.15, -0.1) is 11.3 Å². The first-order valence-corrected chi connectivity index (χ1v) is 14.0. The van der Waals surface area contributed by atoms with Crippen LogP contribution >= 0.6 is 11.3 Å². The highest BCUT2D eigenvalue weighted by Gasteiger charge is 2.42. The van der Waals surface area contributed by atoms with Gasteiger partial charge in [0.2, 0.25) is 10.0 Å².